The first-order valence-corrected chi connectivity index (χ1v) is 5.36. The highest BCUT2D eigenvalue weighted by Crippen LogP contribution is 2.13. The van der Waals surface area contributed by atoms with Gasteiger partial charge in [-0.2, -0.15) is 4.98 Å². The number of aromatic nitrogens is 2. The van der Waals surface area contributed by atoms with Crippen LogP contribution in [-0.2, 0) is 11.2 Å². The van der Waals surface area contributed by atoms with Gasteiger partial charge in [0.05, 0.1) is 0 Å². The molecule has 0 saturated heterocycles. The van der Waals surface area contributed by atoms with Crippen LogP contribution in [0.25, 0.3) is 0 Å². The fourth-order valence-electron chi connectivity index (χ4n) is 1.28. The Morgan fingerprint density at radius 1 is 1.53 bits per heavy atom. The highest BCUT2D eigenvalue weighted by atomic mass is 16.5. The van der Waals surface area contributed by atoms with E-state index in [4.69, 9.17) is 9.26 Å². The Labute approximate surface area is 90.2 Å². The molecule has 1 unspecified atom stereocenters. The van der Waals surface area contributed by atoms with Crippen LogP contribution in [0.15, 0.2) is 4.52 Å². The van der Waals surface area contributed by atoms with Gasteiger partial charge in [-0.15, -0.1) is 0 Å². The average Bonchev–Trinajstić information content (AvgIpc) is 2.67. The third kappa shape index (κ3) is 3.97. The van der Waals surface area contributed by atoms with E-state index in [0.29, 0.717) is 18.3 Å². The van der Waals surface area contributed by atoms with Gasteiger partial charge < -0.3 is 14.6 Å². The van der Waals surface area contributed by atoms with Gasteiger partial charge >= 0.3 is 0 Å². The van der Waals surface area contributed by atoms with Gasteiger partial charge in [0.1, 0.15) is 6.10 Å². The lowest BCUT2D eigenvalue weighted by Gasteiger charge is -2.04. The number of nitrogens with zero attached hydrogens (tertiary/aromatic N) is 2. The van der Waals surface area contributed by atoms with Crippen molar-refractivity contribution in [3.05, 3.63) is 11.7 Å². The van der Waals surface area contributed by atoms with E-state index < -0.39 is 0 Å². The molecule has 15 heavy (non-hydrogen) atoms. The Balaban J connectivity index is 2.41. The molecule has 0 spiro atoms. The monoisotopic (exact) mass is 213 g/mol. The lowest BCUT2D eigenvalue weighted by Crippen LogP contribution is -2.08. The third-order valence-electron chi connectivity index (χ3n) is 2.08. The summed E-state index contributed by atoms with van der Waals surface area (Å²) in [5.41, 5.74) is 0. The molecule has 1 rings (SSSR count). The van der Waals surface area contributed by atoms with Crippen LogP contribution in [-0.4, -0.2) is 30.3 Å². The van der Waals surface area contributed by atoms with Crippen LogP contribution in [0, 0.1) is 0 Å². The minimum atomic E-state index is -0.0863. The summed E-state index contributed by atoms with van der Waals surface area (Å²) in [5.74, 6) is 1.32. The largest absolute Gasteiger partial charge is 0.371 e. The molecule has 0 fully saturated rings. The predicted molar refractivity (Wildman–Crippen MR) is 56.6 cm³/mol. The molecule has 0 bridgehead atoms. The lowest BCUT2D eigenvalue weighted by atomic mass is 10.3. The molecular formula is C10H19N3O2. The van der Waals surface area contributed by atoms with E-state index in [1.54, 1.807) is 0 Å². The zero-order valence-electron chi connectivity index (χ0n) is 9.62. The smallest absolute Gasteiger partial charge is 0.226 e. The van der Waals surface area contributed by atoms with Crippen molar-refractivity contribution in [2.24, 2.45) is 0 Å². The Bertz CT molecular complexity index is 275. The van der Waals surface area contributed by atoms with Gasteiger partial charge in [0.15, 0.2) is 5.82 Å². The summed E-state index contributed by atoms with van der Waals surface area (Å²) in [6.45, 7) is 5.49. The summed E-state index contributed by atoms with van der Waals surface area (Å²) < 4.78 is 10.5. The second-order valence-corrected chi connectivity index (χ2v) is 3.35. The van der Waals surface area contributed by atoms with E-state index in [0.717, 1.165) is 19.4 Å². The summed E-state index contributed by atoms with van der Waals surface area (Å²) >= 11 is 0. The molecule has 0 aromatic carbocycles. The van der Waals surface area contributed by atoms with E-state index in [-0.39, 0.29) is 6.10 Å². The lowest BCUT2D eigenvalue weighted by molar-refractivity contribution is 0.0683. The molecule has 0 aliphatic carbocycles. The van der Waals surface area contributed by atoms with Crippen LogP contribution >= 0.6 is 0 Å². The number of aryl methyl sites for hydroxylation is 1. The van der Waals surface area contributed by atoms with E-state index >= 15 is 0 Å². The number of ether oxygens (including phenoxy) is 1. The standard InChI is InChI=1S/C10H19N3O2/c1-4-14-8(2)10-12-9(15-13-10)6-5-7-11-3/h8,11H,4-7H2,1-3H3. The molecule has 5 heteroatoms. The van der Waals surface area contributed by atoms with Crippen molar-refractivity contribution in [2.75, 3.05) is 20.2 Å². The molecule has 1 aromatic heterocycles. The molecule has 0 saturated carbocycles. The number of hydrogen-bond donors (Lipinski definition) is 1. The van der Waals surface area contributed by atoms with Gasteiger partial charge in [-0.05, 0) is 33.9 Å². The van der Waals surface area contributed by atoms with Crippen molar-refractivity contribution >= 4 is 0 Å². The van der Waals surface area contributed by atoms with Gasteiger partial charge in [-0.25, -0.2) is 0 Å². The molecule has 0 aliphatic rings. The van der Waals surface area contributed by atoms with Gasteiger partial charge in [-0.1, -0.05) is 5.16 Å². The fourth-order valence-corrected chi connectivity index (χ4v) is 1.28. The third-order valence-corrected chi connectivity index (χ3v) is 2.08. The van der Waals surface area contributed by atoms with Crippen LogP contribution in [0.4, 0.5) is 0 Å². The van der Waals surface area contributed by atoms with E-state index in [2.05, 4.69) is 15.5 Å². The summed E-state index contributed by atoms with van der Waals surface area (Å²) in [4.78, 5) is 4.27. The molecule has 1 atom stereocenters. The molecular weight excluding hydrogens is 194 g/mol. The fraction of sp³-hybridized carbons (Fsp3) is 0.800. The van der Waals surface area contributed by atoms with Crippen molar-refractivity contribution < 1.29 is 9.26 Å². The molecule has 5 nitrogen and oxygen atoms in total. The molecule has 0 radical (unpaired) electrons. The Morgan fingerprint density at radius 3 is 3.00 bits per heavy atom. The minimum Gasteiger partial charge on any atom is -0.371 e. The Kier molecular flexibility index (Phi) is 5.28. The van der Waals surface area contributed by atoms with Crippen LogP contribution in [0.3, 0.4) is 0 Å². The number of nitrogens with one attached hydrogen (secondary N) is 1. The molecule has 0 aliphatic heterocycles. The summed E-state index contributed by atoms with van der Waals surface area (Å²) in [6, 6.07) is 0. The van der Waals surface area contributed by atoms with Crippen LogP contribution in [0.5, 0.6) is 0 Å². The minimum absolute atomic E-state index is 0.0863. The maximum absolute atomic E-state index is 5.37. The quantitative estimate of drug-likeness (QED) is 0.692. The van der Waals surface area contributed by atoms with Crippen molar-refractivity contribution in [2.45, 2.75) is 32.8 Å². The highest BCUT2D eigenvalue weighted by molar-refractivity contribution is 4.89. The number of hydrogen-bond acceptors (Lipinski definition) is 5. The van der Waals surface area contributed by atoms with Gasteiger partial charge in [0, 0.05) is 13.0 Å². The van der Waals surface area contributed by atoms with Crippen molar-refractivity contribution in [1.82, 2.24) is 15.5 Å². The zero-order chi connectivity index (χ0) is 11.1. The first kappa shape index (κ1) is 12.1. The van der Waals surface area contributed by atoms with Crippen LogP contribution in [0.2, 0.25) is 0 Å². The van der Waals surface area contributed by atoms with Crippen molar-refractivity contribution in [3.8, 4) is 0 Å². The molecule has 86 valence electrons. The SMILES string of the molecule is CCOC(C)c1noc(CCCNC)n1. The Hall–Kier alpha value is -0.940. The molecule has 1 aromatic rings. The summed E-state index contributed by atoms with van der Waals surface area (Å²) in [7, 11) is 1.93. The van der Waals surface area contributed by atoms with Gasteiger partial charge in [0.25, 0.3) is 0 Å². The average molecular weight is 213 g/mol. The highest BCUT2D eigenvalue weighted by Gasteiger charge is 2.12. The topological polar surface area (TPSA) is 60.2 Å². The first-order valence-electron chi connectivity index (χ1n) is 5.36. The zero-order valence-corrected chi connectivity index (χ0v) is 9.62. The van der Waals surface area contributed by atoms with Crippen LogP contribution in [0.1, 0.15) is 38.1 Å². The maximum atomic E-state index is 5.37. The number of rotatable bonds is 7. The molecule has 1 N–H and O–H groups in total. The normalized spacial score (nSPS) is 13.0. The van der Waals surface area contributed by atoms with Crippen LogP contribution < -0.4 is 5.32 Å². The second kappa shape index (κ2) is 6.53. The van der Waals surface area contributed by atoms with E-state index in [1.807, 2.05) is 20.9 Å². The Morgan fingerprint density at radius 2 is 2.33 bits per heavy atom. The maximum Gasteiger partial charge on any atom is 0.226 e. The van der Waals surface area contributed by atoms with Gasteiger partial charge in [0.2, 0.25) is 5.89 Å². The molecule has 0 amide bonds. The van der Waals surface area contributed by atoms with E-state index in [1.165, 1.54) is 0 Å². The van der Waals surface area contributed by atoms with Gasteiger partial charge in [-0.3, -0.25) is 0 Å². The summed E-state index contributed by atoms with van der Waals surface area (Å²) in [6.07, 6.45) is 1.73. The predicted octanol–water partition coefficient (Wildman–Crippen LogP) is 1.32. The second-order valence-electron chi connectivity index (χ2n) is 3.35. The first-order chi connectivity index (χ1) is 7.27. The van der Waals surface area contributed by atoms with Crippen molar-refractivity contribution in [1.29, 1.82) is 0 Å². The summed E-state index contributed by atoms with van der Waals surface area (Å²) in [5, 5.41) is 6.96. The molecule has 1 heterocycles. The van der Waals surface area contributed by atoms with E-state index in [9.17, 15) is 0 Å². The van der Waals surface area contributed by atoms with Crippen molar-refractivity contribution in [3.63, 3.8) is 0 Å².